The summed E-state index contributed by atoms with van der Waals surface area (Å²) >= 11 is 0. The largest absolute Gasteiger partial charge is 0.439 e. The van der Waals surface area contributed by atoms with Crippen molar-refractivity contribution >= 4 is 5.78 Å². The summed E-state index contributed by atoms with van der Waals surface area (Å²) in [6.07, 6.45) is 4.65. The van der Waals surface area contributed by atoms with Crippen LogP contribution in [0.5, 0.6) is 0 Å². The number of ether oxygens (including phenoxy) is 1. The van der Waals surface area contributed by atoms with Crippen LogP contribution in [0.4, 0.5) is 0 Å². The van der Waals surface area contributed by atoms with E-state index in [-0.39, 0.29) is 12.2 Å². The van der Waals surface area contributed by atoms with E-state index in [1.165, 1.54) is 0 Å². The molecule has 0 aliphatic rings. The molecule has 0 bridgehead atoms. The number of benzene rings is 1. The van der Waals surface area contributed by atoms with Gasteiger partial charge in [-0.2, -0.15) is 0 Å². The van der Waals surface area contributed by atoms with E-state index in [4.69, 9.17) is 9.15 Å². The van der Waals surface area contributed by atoms with Gasteiger partial charge in [-0.15, -0.1) is 0 Å². The Kier molecular flexibility index (Phi) is 6.06. The van der Waals surface area contributed by atoms with E-state index in [1.807, 2.05) is 48.5 Å². The van der Waals surface area contributed by atoms with E-state index >= 15 is 0 Å². The van der Waals surface area contributed by atoms with Gasteiger partial charge in [0.1, 0.15) is 11.5 Å². The van der Waals surface area contributed by atoms with Gasteiger partial charge in [-0.3, -0.25) is 9.78 Å². The van der Waals surface area contributed by atoms with Crippen LogP contribution in [0.15, 0.2) is 65.3 Å². The SMILES string of the molecule is O=C(CCCOCc1ccccc1)Cc1ncc(-c2ccccn2)o1. The second-order valence-electron chi connectivity index (χ2n) is 5.69. The Bertz CT molecular complexity index is 785. The molecule has 2 aromatic heterocycles. The van der Waals surface area contributed by atoms with Gasteiger partial charge in [0.25, 0.3) is 0 Å². The number of pyridine rings is 1. The first-order valence-electron chi connectivity index (χ1n) is 8.31. The number of hydrogen-bond donors (Lipinski definition) is 0. The van der Waals surface area contributed by atoms with Crippen molar-refractivity contribution in [2.45, 2.75) is 25.9 Å². The molecule has 0 spiro atoms. The van der Waals surface area contributed by atoms with Crippen molar-refractivity contribution in [2.24, 2.45) is 0 Å². The zero-order valence-electron chi connectivity index (χ0n) is 13.9. The minimum atomic E-state index is 0.0951. The molecule has 0 aliphatic carbocycles. The van der Waals surface area contributed by atoms with Crippen molar-refractivity contribution in [2.75, 3.05) is 6.61 Å². The minimum absolute atomic E-state index is 0.0951. The van der Waals surface area contributed by atoms with Gasteiger partial charge in [-0.25, -0.2) is 4.98 Å². The van der Waals surface area contributed by atoms with Crippen molar-refractivity contribution in [1.29, 1.82) is 0 Å². The van der Waals surface area contributed by atoms with Crippen LogP contribution in [-0.4, -0.2) is 22.4 Å². The molecule has 0 radical (unpaired) electrons. The quantitative estimate of drug-likeness (QED) is 0.555. The molecule has 0 atom stereocenters. The van der Waals surface area contributed by atoms with Gasteiger partial charge in [0.05, 0.1) is 19.2 Å². The van der Waals surface area contributed by atoms with Gasteiger partial charge in [-0.1, -0.05) is 36.4 Å². The maximum Gasteiger partial charge on any atom is 0.202 e. The average molecular weight is 336 g/mol. The van der Waals surface area contributed by atoms with Crippen molar-refractivity contribution in [1.82, 2.24) is 9.97 Å². The molecule has 5 nitrogen and oxygen atoms in total. The summed E-state index contributed by atoms with van der Waals surface area (Å²) in [5, 5.41) is 0. The van der Waals surface area contributed by atoms with E-state index in [0.29, 0.717) is 43.4 Å². The highest BCUT2D eigenvalue weighted by Gasteiger charge is 2.11. The summed E-state index contributed by atoms with van der Waals surface area (Å²) in [5.41, 5.74) is 1.85. The van der Waals surface area contributed by atoms with Gasteiger partial charge in [0, 0.05) is 19.2 Å². The highest BCUT2D eigenvalue weighted by Crippen LogP contribution is 2.17. The maximum absolute atomic E-state index is 12.0. The van der Waals surface area contributed by atoms with Crippen molar-refractivity contribution in [3.05, 3.63) is 72.4 Å². The fourth-order valence-corrected chi connectivity index (χ4v) is 2.41. The Labute approximate surface area is 146 Å². The fourth-order valence-electron chi connectivity index (χ4n) is 2.41. The lowest BCUT2D eigenvalue weighted by Gasteiger charge is -2.03. The molecule has 0 N–H and O–H groups in total. The lowest BCUT2D eigenvalue weighted by molar-refractivity contribution is -0.119. The highest BCUT2D eigenvalue weighted by atomic mass is 16.5. The Morgan fingerprint density at radius 3 is 2.68 bits per heavy atom. The van der Waals surface area contributed by atoms with Crippen LogP contribution < -0.4 is 0 Å². The number of carbonyl (C=O) groups is 1. The second kappa shape index (κ2) is 8.89. The third kappa shape index (κ3) is 5.36. The number of Topliss-reactive ketones (excluding diaryl/α,β-unsaturated/α-hetero) is 1. The maximum atomic E-state index is 12.0. The molecule has 0 saturated heterocycles. The predicted molar refractivity (Wildman–Crippen MR) is 93.8 cm³/mol. The van der Waals surface area contributed by atoms with Crippen molar-refractivity contribution in [3.63, 3.8) is 0 Å². The van der Waals surface area contributed by atoms with Gasteiger partial charge in [0.2, 0.25) is 5.89 Å². The van der Waals surface area contributed by atoms with Gasteiger partial charge in [0.15, 0.2) is 5.76 Å². The number of ketones is 1. The van der Waals surface area contributed by atoms with Gasteiger partial charge < -0.3 is 9.15 Å². The molecule has 5 heteroatoms. The Morgan fingerprint density at radius 2 is 1.88 bits per heavy atom. The smallest absolute Gasteiger partial charge is 0.202 e. The third-order valence-corrected chi connectivity index (χ3v) is 3.68. The third-order valence-electron chi connectivity index (χ3n) is 3.68. The molecule has 128 valence electrons. The van der Waals surface area contributed by atoms with Crippen molar-refractivity contribution < 1.29 is 13.9 Å². The van der Waals surface area contributed by atoms with Crippen LogP contribution in [-0.2, 0) is 22.6 Å². The molecule has 1 aromatic carbocycles. The Hall–Kier alpha value is -2.79. The summed E-state index contributed by atoms with van der Waals surface area (Å²) in [6.45, 7) is 1.13. The first kappa shape index (κ1) is 17.0. The zero-order valence-corrected chi connectivity index (χ0v) is 13.9. The molecule has 3 aromatic rings. The van der Waals surface area contributed by atoms with Crippen LogP contribution in [0, 0.1) is 0 Å². The van der Waals surface area contributed by atoms with Gasteiger partial charge in [-0.05, 0) is 24.1 Å². The summed E-state index contributed by atoms with van der Waals surface area (Å²) in [7, 11) is 0. The summed E-state index contributed by atoms with van der Waals surface area (Å²) in [4.78, 5) is 20.4. The van der Waals surface area contributed by atoms with E-state index in [0.717, 1.165) is 5.56 Å². The number of rotatable bonds is 9. The standard InChI is InChI=1S/C20H20N2O3/c23-17(9-6-12-24-15-16-7-2-1-3-8-16)13-20-22-14-19(25-20)18-10-4-5-11-21-18/h1-5,7-8,10-11,14H,6,9,12-13,15H2. The Morgan fingerprint density at radius 1 is 1.04 bits per heavy atom. The highest BCUT2D eigenvalue weighted by molar-refractivity contribution is 5.80. The van der Waals surface area contributed by atoms with Crippen LogP contribution in [0.25, 0.3) is 11.5 Å². The normalized spacial score (nSPS) is 10.7. The lowest BCUT2D eigenvalue weighted by atomic mass is 10.2. The monoisotopic (exact) mass is 336 g/mol. The first-order valence-corrected chi connectivity index (χ1v) is 8.31. The minimum Gasteiger partial charge on any atom is -0.439 e. The lowest BCUT2D eigenvalue weighted by Crippen LogP contribution is -2.05. The van der Waals surface area contributed by atoms with Crippen LogP contribution in [0.3, 0.4) is 0 Å². The van der Waals surface area contributed by atoms with E-state index in [1.54, 1.807) is 12.4 Å². The summed E-state index contributed by atoms with van der Waals surface area (Å²) in [5.74, 6) is 1.10. The number of aromatic nitrogens is 2. The number of oxazole rings is 1. The molecular weight excluding hydrogens is 316 g/mol. The van der Waals surface area contributed by atoms with Crippen LogP contribution in [0.2, 0.25) is 0 Å². The molecule has 25 heavy (non-hydrogen) atoms. The van der Waals surface area contributed by atoms with E-state index in [9.17, 15) is 4.79 Å². The fraction of sp³-hybridized carbons (Fsp3) is 0.250. The van der Waals surface area contributed by atoms with E-state index in [2.05, 4.69) is 9.97 Å². The number of hydrogen-bond acceptors (Lipinski definition) is 5. The molecule has 0 aliphatic heterocycles. The van der Waals surface area contributed by atoms with Crippen molar-refractivity contribution in [3.8, 4) is 11.5 Å². The molecule has 2 heterocycles. The first-order chi connectivity index (χ1) is 12.3. The zero-order chi connectivity index (χ0) is 17.3. The average Bonchev–Trinajstić information content (AvgIpc) is 3.11. The molecule has 0 amide bonds. The second-order valence-corrected chi connectivity index (χ2v) is 5.69. The molecular formula is C20H20N2O3. The summed E-state index contributed by atoms with van der Waals surface area (Å²) in [6, 6.07) is 15.5. The van der Waals surface area contributed by atoms with Crippen LogP contribution >= 0.6 is 0 Å². The predicted octanol–water partition coefficient (Wildman–Crippen LogP) is 3.85. The Balaban J connectivity index is 1.37. The molecule has 0 saturated carbocycles. The number of carbonyl (C=O) groups excluding carboxylic acids is 1. The van der Waals surface area contributed by atoms with E-state index < -0.39 is 0 Å². The van der Waals surface area contributed by atoms with Crippen LogP contribution in [0.1, 0.15) is 24.3 Å². The topological polar surface area (TPSA) is 65.2 Å². The van der Waals surface area contributed by atoms with Gasteiger partial charge >= 0.3 is 0 Å². The summed E-state index contributed by atoms with van der Waals surface area (Å²) < 4.78 is 11.2. The molecule has 0 fully saturated rings. The molecule has 0 unspecified atom stereocenters. The number of nitrogens with zero attached hydrogens (tertiary/aromatic N) is 2. The molecule has 3 rings (SSSR count).